The molecule has 2 atom stereocenters. The van der Waals surface area contributed by atoms with Crippen molar-refractivity contribution >= 4 is 0 Å². The van der Waals surface area contributed by atoms with Crippen LogP contribution < -0.4 is 5.32 Å². The van der Waals surface area contributed by atoms with Gasteiger partial charge in [-0.15, -0.1) is 0 Å². The lowest BCUT2D eigenvalue weighted by Crippen LogP contribution is -2.48. The van der Waals surface area contributed by atoms with Crippen LogP contribution in [0.4, 0.5) is 0 Å². The van der Waals surface area contributed by atoms with E-state index in [1.54, 1.807) is 0 Å². The first kappa shape index (κ1) is 13.9. The SMILES string of the molecule is CCNCC(O)CN1CCCC(N(C)C)C1. The van der Waals surface area contributed by atoms with Crippen molar-refractivity contribution in [1.29, 1.82) is 0 Å². The third-order valence-corrected chi connectivity index (χ3v) is 3.31. The molecule has 4 heteroatoms. The van der Waals surface area contributed by atoms with Crippen LogP contribution in [0.5, 0.6) is 0 Å². The number of likely N-dealkylation sites (tertiary alicyclic amines) is 1. The topological polar surface area (TPSA) is 38.7 Å². The van der Waals surface area contributed by atoms with Crippen LogP contribution in [-0.2, 0) is 0 Å². The van der Waals surface area contributed by atoms with Gasteiger partial charge in [0.15, 0.2) is 0 Å². The van der Waals surface area contributed by atoms with Gasteiger partial charge in [0.2, 0.25) is 0 Å². The Morgan fingerprint density at radius 1 is 1.50 bits per heavy atom. The Morgan fingerprint density at radius 3 is 2.88 bits per heavy atom. The van der Waals surface area contributed by atoms with E-state index in [0.29, 0.717) is 12.6 Å². The molecular formula is C12H27N3O. The zero-order valence-electron chi connectivity index (χ0n) is 10.9. The minimum Gasteiger partial charge on any atom is -0.390 e. The van der Waals surface area contributed by atoms with Crippen LogP contribution >= 0.6 is 0 Å². The smallest absolute Gasteiger partial charge is 0.0791 e. The van der Waals surface area contributed by atoms with Gasteiger partial charge in [0.1, 0.15) is 0 Å². The van der Waals surface area contributed by atoms with E-state index in [-0.39, 0.29) is 6.10 Å². The largest absolute Gasteiger partial charge is 0.390 e. The molecule has 1 rings (SSSR count). The van der Waals surface area contributed by atoms with Crippen molar-refractivity contribution in [2.24, 2.45) is 0 Å². The van der Waals surface area contributed by atoms with Crippen molar-refractivity contribution in [2.75, 3.05) is 46.8 Å². The Labute approximate surface area is 99.6 Å². The number of nitrogens with zero attached hydrogens (tertiary/aromatic N) is 2. The molecule has 0 aliphatic carbocycles. The quantitative estimate of drug-likeness (QED) is 0.671. The molecule has 16 heavy (non-hydrogen) atoms. The molecule has 0 saturated carbocycles. The Kier molecular flexibility index (Phi) is 6.28. The van der Waals surface area contributed by atoms with Gasteiger partial charge in [-0.05, 0) is 40.0 Å². The summed E-state index contributed by atoms with van der Waals surface area (Å²) in [6.45, 7) is 6.73. The lowest BCUT2D eigenvalue weighted by Gasteiger charge is -2.37. The van der Waals surface area contributed by atoms with Gasteiger partial charge in [-0.25, -0.2) is 0 Å². The summed E-state index contributed by atoms with van der Waals surface area (Å²) in [4.78, 5) is 4.68. The minimum atomic E-state index is -0.235. The highest BCUT2D eigenvalue weighted by Crippen LogP contribution is 2.13. The molecule has 1 aliphatic rings. The summed E-state index contributed by atoms with van der Waals surface area (Å²) in [7, 11) is 4.28. The molecule has 4 nitrogen and oxygen atoms in total. The maximum absolute atomic E-state index is 9.84. The second kappa shape index (κ2) is 7.22. The fraction of sp³-hybridized carbons (Fsp3) is 1.00. The van der Waals surface area contributed by atoms with Gasteiger partial charge in [0.05, 0.1) is 6.10 Å². The van der Waals surface area contributed by atoms with Gasteiger partial charge in [0.25, 0.3) is 0 Å². The lowest BCUT2D eigenvalue weighted by atomic mass is 10.0. The molecule has 0 aromatic rings. The van der Waals surface area contributed by atoms with Crippen LogP contribution in [0, 0.1) is 0 Å². The van der Waals surface area contributed by atoms with E-state index in [4.69, 9.17) is 0 Å². The third-order valence-electron chi connectivity index (χ3n) is 3.31. The van der Waals surface area contributed by atoms with Gasteiger partial charge in [-0.3, -0.25) is 4.90 Å². The van der Waals surface area contributed by atoms with E-state index in [0.717, 1.165) is 26.2 Å². The van der Waals surface area contributed by atoms with Crippen LogP contribution in [0.1, 0.15) is 19.8 Å². The van der Waals surface area contributed by atoms with E-state index in [1.165, 1.54) is 12.8 Å². The predicted molar refractivity (Wildman–Crippen MR) is 67.7 cm³/mol. The molecule has 2 unspecified atom stereocenters. The summed E-state index contributed by atoms with van der Waals surface area (Å²) in [5.74, 6) is 0. The number of nitrogens with one attached hydrogen (secondary N) is 1. The Bertz CT molecular complexity index is 187. The second-order valence-corrected chi connectivity index (χ2v) is 4.98. The molecule has 1 heterocycles. The highest BCUT2D eigenvalue weighted by molar-refractivity contribution is 4.79. The molecule has 2 N–H and O–H groups in total. The number of hydrogen-bond acceptors (Lipinski definition) is 4. The van der Waals surface area contributed by atoms with E-state index in [2.05, 4.69) is 36.1 Å². The van der Waals surface area contributed by atoms with Crippen LogP contribution in [-0.4, -0.2) is 73.9 Å². The van der Waals surface area contributed by atoms with E-state index >= 15 is 0 Å². The first-order valence-electron chi connectivity index (χ1n) is 6.41. The molecule has 1 saturated heterocycles. The van der Waals surface area contributed by atoms with Crippen LogP contribution in [0.25, 0.3) is 0 Å². The standard InChI is InChI=1S/C12H27N3O/c1-4-13-8-12(16)10-15-7-5-6-11(9-15)14(2)3/h11-13,16H,4-10H2,1-3H3. The summed E-state index contributed by atoms with van der Waals surface area (Å²) >= 11 is 0. The minimum absolute atomic E-state index is 0.235. The highest BCUT2D eigenvalue weighted by atomic mass is 16.3. The molecule has 0 bridgehead atoms. The molecule has 96 valence electrons. The highest BCUT2D eigenvalue weighted by Gasteiger charge is 2.22. The van der Waals surface area contributed by atoms with Gasteiger partial charge in [0, 0.05) is 25.7 Å². The summed E-state index contributed by atoms with van der Waals surface area (Å²) in [5, 5.41) is 13.0. The average molecular weight is 229 g/mol. The Balaban J connectivity index is 2.25. The molecule has 1 fully saturated rings. The zero-order valence-corrected chi connectivity index (χ0v) is 10.9. The normalized spacial score (nSPS) is 24.9. The molecule has 0 amide bonds. The first-order chi connectivity index (χ1) is 7.63. The lowest BCUT2D eigenvalue weighted by molar-refractivity contribution is 0.0724. The molecule has 0 aromatic carbocycles. The van der Waals surface area contributed by atoms with Gasteiger partial charge in [-0.1, -0.05) is 6.92 Å². The fourth-order valence-corrected chi connectivity index (χ4v) is 2.29. The van der Waals surface area contributed by atoms with E-state index in [1.807, 2.05) is 0 Å². The molecule has 0 aromatic heterocycles. The molecule has 1 aliphatic heterocycles. The fourth-order valence-electron chi connectivity index (χ4n) is 2.29. The van der Waals surface area contributed by atoms with Crippen LogP contribution in [0.2, 0.25) is 0 Å². The van der Waals surface area contributed by atoms with Crippen molar-refractivity contribution < 1.29 is 5.11 Å². The van der Waals surface area contributed by atoms with E-state index < -0.39 is 0 Å². The summed E-state index contributed by atoms with van der Waals surface area (Å²) in [6.07, 6.45) is 2.30. The summed E-state index contributed by atoms with van der Waals surface area (Å²) in [5.41, 5.74) is 0. The number of β-amino-alcohol motifs (C(OH)–C–C–N with tert-alkyl or cyclic N) is 1. The molecule has 0 radical (unpaired) electrons. The van der Waals surface area contributed by atoms with Crippen molar-refractivity contribution in [3.63, 3.8) is 0 Å². The van der Waals surface area contributed by atoms with Crippen LogP contribution in [0.15, 0.2) is 0 Å². The maximum atomic E-state index is 9.84. The number of hydrogen-bond donors (Lipinski definition) is 2. The summed E-state index contributed by atoms with van der Waals surface area (Å²) < 4.78 is 0. The zero-order chi connectivity index (χ0) is 12.0. The Hall–Kier alpha value is -0.160. The second-order valence-electron chi connectivity index (χ2n) is 4.98. The average Bonchev–Trinajstić information content (AvgIpc) is 2.26. The van der Waals surface area contributed by atoms with Crippen molar-refractivity contribution in [2.45, 2.75) is 31.9 Å². The Morgan fingerprint density at radius 2 is 2.25 bits per heavy atom. The van der Waals surface area contributed by atoms with E-state index in [9.17, 15) is 5.11 Å². The van der Waals surface area contributed by atoms with Gasteiger partial charge in [-0.2, -0.15) is 0 Å². The first-order valence-corrected chi connectivity index (χ1v) is 6.41. The van der Waals surface area contributed by atoms with Crippen molar-refractivity contribution in [3.05, 3.63) is 0 Å². The summed E-state index contributed by atoms with van der Waals surface area (Å²) in [6, 6.07) is 0.653. The van der Waals surface area contributed by atoms with Gasteiger partial charge < -0.3 is 15.3 Å². The van der Waals surface area contributed by atoms with Crippen LogP contribution in [0.3, 0.4) is 0 Å². The number of piperidine rings is 1. The maximum Gasteiger partial charge on any atom is 0.0791 e. The number of rotatable bonds is 6. The third kappa shape index (κ3) is 4.78. The number of aliphatic hydroxyl groups excluding tert-OH is 1. The van der Waals surface area contributed by atoms with Gasteiger partial charge >= 0.3 is 0 Å². The predicted octanol–water partition coefficient (Wildman–Crippen LogP) is -0.0172. The number of likely N-dealkylation sites (N-methyl/N-ethyl adjacent to an activating group) is 2. The van der Waals surface area contributed by atoms with Crippen molar-refractivity contribution in [1.82, 2.24) is 15.1 Å². The molecule has 0 spiro atoms. The van der Waals surface area contributed by atoms with Crippen molar-refractivity contribution in [3.8, 4) is 0 Å². The monoisotopic (exact) mass is 229 g/mol. The number of aliphatic hydroxyl groups is 1. The molecular weight excluding hydrogens is 202 g/mol.